The van der Waals surface area contributed by atoms with Crippen molar-refractivity contribution in [2.75, 3.05) is 30.3 Å². The summed E-state index contributed by atoms with van der Waals surface area (Å²) in [7, 11) is -3.62. The molecule has 0 fully saturated rings. The predicted molar refractivity (Wildman–Crippen MR) is 153 cm³/mol. The van der Waals surface area contributed by atoms with Gasteiger partial charge in [-0.2, -0.15) is 0 Å². The third-order valence-electron chi connectivity index (χ3n) is 6.29. The molecule has 0 spiro atoms. The maximum Gasteiger partial charge on any atom is 0.243 e. The topological polar surface area (TPSA) is 105 Å². The molecule has 9 nitrogen and oxygen atoms in total. The van der Waals surface area contributed by atoms with E-state index >= 15 is 0 Å². The van der Waals surface area contributed by atoms with Gasteiger partial charge in [0.2, 0.25) is 21.8 Å². The Hall–Kier alpha value is -3.27. The fraction of sp³-hybridized carbons (Fsp3) is 0.517. The Morgan fingerprint density at radius 1 is 1.05 bits per heavy atom. The summed E-state index contributed by atoms with van der Waals surface area (Å²) in [5.74, 6) is 0.645. The molecule has 39 heavy (non-hydrogen) atoms. The number of nitrogens with one attached hydrogen (secondary N) is 1. The monoisotopic (exact) mass is 559 g/mol. The van der Waals surface area contributed by atoms with Crippen molar-refractivity contribution in [1.29, 1.82) is 0 Å². The van der Waals surface area contributed by atoms with Crippen molar-refractivity contribution in [2.45, 2.75) is 72.0 Å². The normalized spacial score (nSPS) is 13.9. The molecule has 214 valence electrons. The molecule has 2 aromatic carbocycles. The molecular formula is C29H41N3O6S. The highest BCUT2D eigenvalue weighted by atomic mass is 32.2. The fourth-order valence-corrected chi connectivity index (χ4v) is 5.53. The Morgan fingerprint density at radius 3 is 2.36 bits per heavy atom. The van der Waals surface area contributed by atoms with Crippen LogP contribution in [0.2, 0.25) is 0 Å². The number of hydrogen-bond acceptors (Lipinski definition) is 6. The third kappa shape index (κ3) is 8.61. The third-order valence-corrected chi connectivity index (χ3v) is 7.48. The summed E-state index contributed by atoms with van der Waals surface area (Å²) in [5.41, 5.74) is 2.00. The van der Waals surface area contributed by atoms with Gasteiger partial charge in [-0.3, -0.25) is 13.9 Å². The van der Waals surface area contributed by atoms with Gasteiger partial charge in [0, 0.05) is 31.1 Å². The number of anilines is 1. The van der Waals surface area contributed by atoms with Crippen molar-refractivity contribution in [3.8, 4) is 11.5 Å². The maximum absolute atomic E-state index is 13.6. The molecule has 0 bridgehead atoms. The zero-order valence-corrected chi connectivity index (χ0v) is 24.6. The van der Waals surface area contributed by atoms with Crippen LogP contribution in [0.1, 0.15) is 58.1 Å². The van der Waals surface area contributed by atoms with Crippen molar-refractivity contribution >= 4 is 27.5 Å². The van der Waals surface area contributed by atoms with Crippen molar-refractivity contribution in [2.24, 2.45) is 0 Å². The Bertz CT molecular complexity index is 1270. The lowest BCUT2D eigenvalue weighted by atomic mass is 10.0. The van der Waals surface area contributed by atoms with Crippen molar-refractivity contribution in [3.63, 3.8) is 0 Å². The van der Waals surface area contributed by atoms with Gasteiger partial charge in [0.15, 0.2) is 11.5 Å². The summed E-state index contributed by atoms with van der Waals surface area (Å²) >= 11 is 0. The van der Waals surface area contributed by atoms with Gasteiger partial charge < -0.3 is 19.7 Å². The molecule has 2 amide bonds. The first-order valence-corrected chi connectivity index (χ1v) is 15.2. The minimum atomic E-state index is -3.62. The molecule has 10 heteroatoms. The Balaban J connectivity index is 1.78. The average Bonchev–Trinajstić information content (AvgIpc) is 2.84. The van der Waals surface area contributed by atoms with E-state index in [1.54, 1.807) is 23.1 Å². The van der Waals surface area contributed by atoms with Crippen LogP contribution in [0.3, 0.4) is 0 Å². The summed E-state index contributed by atoms with van der Waals surface area (Å²) in [6.45, 7) is 10.8. The quantitative estimate of drug-likeness (QED) is 0.446. The van der Waals surface area contributed by atoms with Gasteiger partial charge >= 0.3 is 0 Å². The number of amides is 2. The molecule has 1 atom stereocenters. The number of sulfonamides is 1. The van der Waals surface area contributed by atoms with Crippen LogP contribution in [-0.4, -0.2) is 62.7 Å². The second-order valence-electron chi connectivity index (χ2n) is 10.9. The number of carbonyl (C=O) groups excluding carboxylic acids is 2. The molecule has 0 saturated heterocycles. The zero-order valence-electron chi connectivity index (χ0n) is 23.8. The van der Waals surface area contributed by atoms with Gasteiger partial charge in [0.1, 0.15) is 19.3 Å². The van der Waals surface area contributed by atoms with Gasteiger partial charge in [-0.05, 0) is 58.2 Å². The predicted octanol–water partition coefficient (Wildman–Crippen LogP) is 4.03. The first-order valence-electron chi connectivity index (χ1n) is 13.3. The summed E-state index contributed by atoms with van der Waals surface area (Å²) in [5, 5.41) is 3.00. The second kappa shape index (κ2) is 12.7. The van der Waals surface area contributed by atoms with Gasteiger partial charge in [-0.15, -0.1) is 0 Å². The summed E-state index contributed by atoms with van der Waals surface area (Å²) in [6.07, 6.45) is 1.95. The van der Waals surface area contributed by atoms with E-state index in [4.69, 9.17) is 9.47 Å². The molecule has 2 aromatic rings. The van der Waals surface area contributed by atoms with Crippen LogP contribution in [-0.2, 0) is 26.2 Å². The molecule has 1 heterocycles. The maximum atomic E-state index is 13.6. The Labute approximate surface area is 232 Å². The lowest BCUT2D eigenvalue weighted by molar-refractivity contribution is -0.142. The van der Waals surface area contributed by atoms with E-state index in [1.165, 1.54) is 4.31 Å². The number of fused-ring (bicyclic) bond motifs is 1. The van der Waals surface area contributed by atoms with Gasteiger partial charge in [-0.1, -0.05) is 36.8 Å². The number of nitrogens with zero attached hydrogens (tertiary/aromatic N) is 2. The number of aryl methyl sites for hydroxylation is 1. The van der Waals surface area contributed by atoms with Crippen molar-refractivity contribution < 1.29 is 27.5 Å². The van der Waals surface area contributed by atoms with Crippen LogP contribution in [0.25, 0.3) is 0 Å². The zero-order chi connectivity index (χ0) is 28.8. The van der Waals surface area contributed by atoms with Gasteiger partial charge in [0.25, 0.3) is 0 Å². The molecule has 1 aliphatic heterocycles. The number of rotatable bonds is 11. The van der Waals surface area contributed by atoms with Crippen molar-refractivity contribution in [3.05, 3.63) is 53.6 Å². The first-order chi connectivity index (χ1) is 18.3. The van der Waals surface area contributed by atoms with Crippen LogP contribution in [0.4, 0.5) is 5.69 Å². The number of hydrogen-bond donors (Lipinski definition) is 1. The lowest BCUT2D eigenvalue weighted by Gasteiger charge is -2.33. The number of ether oxygens (including phenoxy) is 2. The Morgan fingerprint density at radius 2 is 1.74 bits per heavy atom. The van der Waals surface area contributed by atoms with E-state index in [-0.39, 0.29) is 37.7 Å². The largest absolute Gasteiger partial charge is 0.486 e. The minimum Gasteiger partial charge on any atom is -0.486 e. The average molecular weight is 560 g/mol. The van der Waals surface area contributed by atoms with E-state index in [9.17, 15) is 18.0 Å². The number of carbonyl (C=O) groups is 2. The highest BCUT2D eigenvalue weighted by Crippen LogP contribution is 2.34. The molecule has 0 aliphatic carbocycles. The molecular weight excluding hydrogens is 518 g/mol. The van der Waals surface area contributed by atoms with E-state index in [2.05, 4.69) is 5.32 Å². The molecule has 0 radical (unpaired) electrons. The lowest BCUT2D eigenvalue weighted by Crippen LogP contribution is -2.53. The minimum absolute atomic E-state index is 0.0850. The number of benzene rings is 2. The van der Waals surface area contributed by atoms with Crippen LogP contribution in [0.5, 0.6) is 11.5 Å². The van der Waals surface area contributed by atoms with Crippen LogP contribution in [0.15, 0.2) is 42.5 Å². The first kappa shape index (κ1) is 30.3. The summed E-state index contributed by atoms with van der Waals surface area (Å²) in [4.78, 5) is 28.4. The van der Waals surface area contributed by atoms with E-state index in [0.29, 0.717) is 36.8 Å². The highest BCUT2D eigenvalue weighted by Gasteiger charge is 2.31. The van der Waals surface area contributed by atoms with Crippen LogP contribution in [0, 0.1) is 6.92 Å². The molecule has 1 unspecified atom stereocenters. The highest BCUT2D eigenvalue weighted by molar-refractivity contribution is 7.92. The van der Waals surface area contributed by atoms with Crippen LogP contribution < -0.4 is 19.1 Å². The molecule has 1 N–H and O–H groups in total. The summed E-state index contributed by atoms with van der Waals surface area (Å²) < 4.78 is 37.8. The van der Waals surface area contributed by atoms with E-state index < -0.39 is 21.6 Å². The molecule has 0 saturated carbocycles. The molecule has 3 rings (SSSR count). The Kier molecular flexibility index (Phi) is 9.88. The fourth-order valence-electron chi connectivity index (χ4n) is 4.57. The summed E-state index contributed by atoms with van der Waals surface area (Å²) in [6, 6.07) is 12.2. The van der Waals surface area contributed by atoms with Crippen LogP contribution >= 0.6 is 0 Å². The van der Waals surface area contributed by atoms with Gasteiger partial charge in [-0.25, -0.2) is 8.42 Å². The smallest absolute Gasteiger partial charge is 0.243 e. The SMILES string of the molecule is CCC(C(=O)NC(C)(C)C)N(Cc1cccc(C)c1)C(=O)CCCN(c1ccc2c(c1)OCCO2)S(C)(=O)=O. The van der Waals surface area contributed by atoms with E-state index in [0.717, 1.165) is 17.4 Å². The molecule has 1 aliphatic rings. The standard InChI is InChI=1S/C29H41N3O6S/c1-7-24(28(34)30-29(3,4)5)31(20-22-11-8-10-21(2)18-22)27(33)12-9-15-32(39(6,35)36)23-13-14-25-26(19-23)38-17-16-37-25/h8,10-11,13-14,18-19,24H,7,9,12,15-17,20H2,1-6H3,(H,30,34). The van der Waals surface area contributed by atoms with E-state index in [1.807, 2.05) is 58.9 Å². The second-order valence-corrected chi connectivity index (χ2v) is 12.8. The molecule has 0 aromatic heterocycles. The van der Waals surface area contributed by atoms with Crippen molar-refractivity contribution in [1.82, 2.24) is 10.2 Å². The van der Waals surface area contributed by atoms with Gasteiger partial charge in [0.05, 0.1) is 11.9 Å².